The van der Waals surface area contributed by atoms with Gasteiger partial charge in [0.2, 0.25) is 0 Å². The van der Waals surface area contributed by atoms with Crippen LogP contribution in [0.25, 0.3) is 0 Å². The lowest BCUT2D eigenvalue weighted by atomic mass is 10.1. The van der Waals surface area contributed by atoms with Crippen molar-refractivity contribution in [2.75, 3.05) is 4.90 Å². The molecule has 4 aromatic rings. The van der Waals surface area contributed by atoms with Gasteiger partial charge in [-0.3, -0.25) is 9.59 Å². The first-order valence-electron chi connectivity index (χ1n) is 11.1. The van der Waals surface area contributed by atoms with Gasteiger partial charge in [-0.15, -0.1) is 0 Å². The summed E-state index contributed by atoms with van der Waals surface area (Å²) in [7, 11) is 0. The Morgan fingerprint density at radius 3 is 1.79 bits per heavy atom. The van der Waals surface area contributed by atoms with Crippen LogP contribution in [0.1, 0.15) is 51.7 Å². The van der Waals surface area contributed by atoms with Crippen LogP contribution in [0, 0.1) is 18.3 Å². The Hall–Kier alpha value is -4.43. The molecule has 0 aliphatic carbocycles. The molecule has 1 unspecified atom stereocenters. The summed E-state index contributed by atoms with van der Waals surface area (Å²) in [6.07, 6.45) is 0.0784. The van der Waals surface area contributed by atoms with Gasteiger partial charge < -0.3 is 4.57 Å². The Morgan fingerprint density at radius 2 is 1.33 bits per heavy atom. The van der Waals surface area contributed by atoms with Gasteiger partial charge in [-0.1, -0.05) is 66.7 Å². The topological polar surface area (TPSA) is 66.1 Å². The van der Waals surface area contributed by atoms with Crippen LogP contribution in [-0.2, 0) is 0 Å². The molecule has 1 aromatic heterocycles. The van der Waals surface area contributed by atoms with Crippen LogP contribution in [0.4, 0.5) is 5.82 Å². The van der Waals surface area contributed by atoms with E-state index in [0.29, 0.717) is 16.7 Å². The lowest BCUT2D eigenvalue weighted by Crippen LogP contribution is -2.39. The number of nitrogens with zero attached hydrogens (tertiary/aromatic N) is 3. The minimum atomic E-state index is -0.565. The molecule has 0 fully saturated rings. The zero-order valence-electron chi connectivity index (χ0n) is 19.4. The van der Waals surface area contributed by atoms with E-state index in [9.17, 15) is 14.9 Å². The third-order valence-corrected chi connectivity index (χ3v) is 5.56. The average molecular weight is 435 g/mol. The van der Waals surface area contributed by atoms with Crippen molar-refractivity contribution in [3.05, 3.63) is 125 Å². The molecule has 162 valence electrons. The summed E-state index contributed by atoms with van der Waals surface area (Å²) in [5.41, 5.74) is 2.03. The van der Waals surface area contributed by atoms with Crippen LogP contribution in [0.15, 0.2) is 97.2 Å². The molecule has 0 spiro atoms. The maximum atomic E-state index is 13.8. The molecule has 5 heteroatoms. The molecule has 2 amide bonds. The molecule has 0 N–H and O–H groups in total. The minimum absolute atomic E-state index is 0.0784. The van der Waals surface area contributed by atoms with Crippen molar-refractivity contribution in [3.8, 4) is 6.07 Å². The van der Waals surface area contributed by atoms with E-state index in [4.69, 9.17) is 1.37 Å². The lowest BCUT2D eigenvalue weighted by molar-refractivity contribution is 0.0895. The van der Waals surface area contributed by atoms with Gasteiger partial charge in [-0.05, 0) is 49.2 Å². The van der Waals surface area contributed by atoms with Crippen molar-refractivity contribution >= 4 is 17.6 Å². The lowest BCUT2D eigenvalue weighted by Gasteiger charge is -2.26. The average Bonchev–Trinajstić information content (AvgIpc) is 3.14. The molecule has 0 saturated carbocycles. The molecule has 0 aliphatic heterocycles. The van der Waals surface area contributed by atoms with Gasteiger partial charge in [0.15, 0.2) is 0 Å². The summed E-state index contributed by atoms with van der Waals surface area (Å²) < 4.78 is 10.4. The van der Waals surface area contributed by atoms with Gasteiger partial charge in [0.05, 0.1) is 13.0 Å². The first-order chi connectivity index (χ1) is 16.5. The quantitative estimate of drug-likeness (QED) is 0.375. The number of imide groups is 1. The number of aromatic nitrogens is 1. The number of nitriles is 1. The number of hydrogen-bond donors (Lipinski definition) is 0. The molecule has 0 radical (unpaired) electrons. The van der Waals surface area contributed by atoms with Crippen LogP contribution in [0.3, 0.4) is 0 Å². The Bertz CT molecular complexity index is 1320. The van der Waals surface area contributed by atoms with E-state index in [1.54, 1.807) is 72.2 Å². The maximum Gasteiger partial charge on any atom is 0.266 e. The first-order valence-corrected chi connectivity index (χ1v) is 10.6. The summed E-state index contributed by atoms with van der Waals surface area (Å²) in [5.74, 6) is -1.03. The molecule has 4 rings (SSSR count). The highest BCUT2D eigenvalue weighted by Crippen LogP contribution is 2.33. The Morgan fingerprint density at radius 1 is 0.879 bits per heavy atom. The van der Waals surface area contributed by atoms with Crippen molar-refractivity contribution in [1.82, 2.24) is 4.57 Å². The van der Waals surface area contributed by atoms with E-state index in [0.717, 1.165) is 10.5 Å². The smallest absolute Gasteiger partial charge is 0.266 e. The molecule has 3 aromatic carbocycles. The fourth-order valence-electron chi connectivity index (χ4n) is 3.80. The molecular weight excluding hydrogens is 410 g/mol. The molecule has 0 bridgehead atoms. The maximum absolute atomic E-state index is 13.8. The van der Waals surface area contributed by atoms with E-state index >= 15 is 0 Å². The van der Waals surface area contributed by atoms with Crippen LogP contribution < -0.4 is 4.90 Å². The van der Waals surface area contributed by atoms with Crippen molar-refractivity contribution in [1.29, 1.82) is 5.26 Å². The van der Waals surface area contributed by atoms with Gasteiger partial charge in [-0.2, -0.15) is 5.26 Å². The number of hydrogen-bond acceptors (Lipinski definition) is 3. The molecule has 1 heterocycles. The highest BCUT2D eigenvalue weighted by atomic mass is 16.2. The second-order valence-electron chi connectivity index (χ2n) is 7.68. The number of amides is 2. The van der Waals surface area contributed by atoms with Gasteiger partial charge in [0, 0.05) is 17.3 Å². The van der Waals surface area contributed by atoms with Crippen LogP contribution in [0.5, 0.6) is 0 Å². The van der Waals surface area contributed by atoms with Gasteiger partial charge in [0.1, 0.15) is 11.9 Å². The van der Waals surface area contributed by atoms with Crippen molar-refractivity contribution < 1.29 is 11.0 Å². The van der Waals surface area contributed by atoms with Gasteiger partial charge in [-0.25, -0.2) is 4.90 Å². The fourth-order valence-corrected chi connectivity index (χ4v) is 3.80. The first kappa shape index (κ1) is 20.5. The largest absolute Gasteiger partial charge is 0.325 e. The van der Waals surface area contributed by atoms with E-state index in [1.807, 2.05) is 37.3 Å². The fraction of sp³-hybridized carbons (Fsp3) is 0.107. The summed E-state index contributed by atoms with van der Waals surface area (Å²) in [6.45, 7) is 3.55. The van der Waals surface area contributed by atoms with E-state index in [-0.39, 0.29) is 17.6 Å². The Labute approximate surface area is 194 Å². The van der Waals surface area contributed by atoms with Gasteiger partial charge in [0.25, 0.3) is 11.8 Å². The summed E-state index contributed by atoms with van der Waals surface area (Å²) in [4.78, 5) is 28.6. The second kappa shape index (κ2) is 9.37. The van der Waals surface area contributed by atoms with Crippen molar-refractivity contribution in [3.63, 3.8) is 0 Å². The van der Waals surface area contributed by atoms with E-state index in [1.165, 1.54) is 0 Å². The predicted molar refractivity (Wildman–Crippen MR) is 128 cm³/mol. The summed E-state index contributed by atoms with van der Waals surface area (Å²) >= 11 is 0. The van der Waals surface area contributed by atoms with E-state index in [2.05, 4.69) is 6.07 Å². The third kappa shape index (κ3) is 4.19. The Balaban J connectivity index is 1.99. The zero-order valence-corrected chi connectivity index (χ0v) is 18.4. The molecule has 0 aliphatic rings. The molecule has 5 nitrogen and oxygen atoms in total. The highest BCUT2D eigenvalue weighted by Gasteiger charge is 2.33. The van der Waals surface area contributed by atoms with Crippen LogP contribution in [-0.4, -0.2) is 16.4 Å². The van der Waals surface area contributed by atoms with Crippen LogP contribution in [0.2, 0.25) is 0 Å². The van der Waals surface area contributed by atoms with Crippen molar-refractivity contribution in [2.24, 2.45) is 0 Å². The van der Waals surface area contributed by atoms with Crippen LogP contribution >= 0.6 is 0 Å². The summed E-state index contributed by atoms with van der Waals surface area (Å²) in [6, 6.07) is 28.2. The van der Waals surface area contributed by atoms with Crippen molar-refractivity contribution in [2.45, 2.75) is 19.9 Å². The number of carbonyl (C=O) groups is 2. The SMILES string of the molecule is [2H]c1c(C)c(C#N)c(N(C(=O)c2ccccc2)C(=O)c2ccccc2)n1C(C)c1ccccc1. The number of anilines is 1. The third-order valence-electron chi connectivity index (χ3n) is 5.56. The number of rotatable bonds is 5. The monoisotopic (exact) mass is 434 g/mol. The summed E-state index contributed by atoms with van der Waals surface area (Å²) in [5, 5.41) is 10.0. The predicted octanol–water partition coefficient (Wildman–Crippen LogP) is 5.76. The normalized spacial score (nSPS) is 11.8. The second-order valence-corrected chi connectivity index (χ2v) is 7.68. The molecule has 1 atom stereocenters. The zero-order chi connectivity index (χ0) is 24.2. The molecule has 33 heavy (non-hydrogen) atoms. The van der Waals surface area contributed by atoms with E-state index < -0.39 is 17.9 Å². The number of carbonyl (C=O) groups excluding carboxylic acids is 2. The molecule has 0 saturated heterocycles. The number of benzene rings is 3. The molecular formula is C28H23N3O2. The highest BCUT2D eigenvalue weighted by molar-refractivity contribution is 6.25. The Kier molecular flexibility index (Phi) is 5.81. The minimum Gasteiger partial charge on any atom is -0.325 e. The van der Waals surface area contributed by atoms with Gasteiger partial charge >= 0.3 is 0 Å². The standard InChI is InChI=1S/C28H23N3O2/c1-20-19-30(21(2)22-12-6-3-7-13-22)26(25(20)18-29)31(27(32)23-14-8-4-9-15-23)28(33)24-16-10-5-11-17-24/h3-17,19,21H,1-2H3/i19D.